The molecule has 0 saturated carbocycles. The molecule has 0 amide bonds. The van der Waals surface area contributed by atoms with E-state index in [0.29, 0.717) is 11.3 Å². The van der Waals surface area contributed by atoms with Crippen molar-refractivity contribution in [2.45, 2.75) is 12.5 Å². The van der Waals surface area contributed by atoms with Crippen molar-refractivity contribution in [3.8, 4) is 5.75 Å². The quantitative estimate of drug-likeness (QED) is 0.760. The minimum Gasteiger partial charge on any atom is -0.496 e. The number of ether oxygens (including phenoxy) is 2. The molecule has 0 radical (unpaired) electrons. The summed E-state index contributed by atoms with van der Waals surface area (Å²) in [5, 5.41) is 9.08. The number of fused-ring (bicyclic) bond motifs is 1. The predicted molar refractivity (Wildman–Crippen MR) is 53.4 cm³/mol. The van der Waals surface area contributed by atoms with Gasteiger partial charge in [0.15, 0.2) is 0 Å². The molecule has 1 aromatic rings. The Morgan fingerprint density at radius 2 is 2.19 bits per heavy atom. The van der Waals surface area contributed by atoms with E-state index in [4.69, 9.17) is 14.6 Å². The van der Waals surface area contributed by atoms with Crippen molar-refractivity contribution in [1.82, 2.24) is 0 Å². The van der Waals surface area contributed by atoms with Crippen LogP contribution in [-0.4, -0.2) is 24.2 Å². The molecular weight excluding hydrogens is 212 g/mol. The smallest absolute Gasteiger partial charge is 0.352 e. The summed E-state index contributed by atoms with van der Waals surface area (Å²) >= 11 is 0. The molecule has 1 heterocycles. The Labute approximate surface area is 91.6 Å². The van der Waals surface area contributed by atoms with Gasteiger partial charge in [0, 0.05) is 5.56 Å². The normalized spacial score (nSPS) is 22.5. The lowest BCUT2D eigenvalue weighted by atomic mass is 9.94. The molecule has 0 aromatic heterocycles. The van der Waals surface area contributed by atoms with Crippen molar-refractivity contribution >= 4 is 11.9 Å². The third kappa shape index (κ3) is 1.18. The van der Waals surface area contributed by atoms with Crippen LogP contribution in [0.15, 0.2) is 18.2 Å². The van der Waals surface area contributed by atoms with Crippen molar-refractivity contribution in [3.05, 3.63) is 29.3 Å². The topological polar surface area (TPSA) is 72.8 Å². The molecule has 1 aromatic carbocycles. The third-order valence-electron chi connectivity index (χ3n) is 2.67. The van der Waals surface area contributed by atoms with Crippen LogP contribution in [0, 0.1) is 0 Å². The molecule has 1 N–H and O–H groups in total. The van der Waals surface area contributed by atoms with Crippen LogP contribution in [0.4, 0.5) is 0 Å². The van der Waals surface area contributed by atoms with Gasteiger partial charge in [-0.2, -0.15) is 0 Å². The standard InChI is InChI=1S/C11H10O5/c1-11(10(13)14)6-4-3-5-7(15-2)8(6)9(12)16-11/h3-5H,1-2H3,(H,13,14). The molecule has 0 aliphatic carbocycles. The fraction of sp³-hybridized carbons (Fsp3) is 0.273. The van der Waals surface area contributed by atoms with Gasteiger partial charge in [-0.25, -0.2) is 9.59 Å². The molecular formula is C11H10O5. The summed E-state index contributed by atoms with van der Waals surface area (Å²) in [7, 11) is 1.42. The number of hydrogen-bond donors (Lipinski definition) is 1. The molecule has 5 nitrogen and oxygen atoms in total. The number of methoxy groups -OCH3 is 1. The molecule has 0 bridgehead atoms. The third-order valence-corrected chi connectivity index (χ3v) is 2.67. The van der Waals surface area contributed by atoms with Crippen LogP contribution in [0.1, 0.15) is 22.8 Å². The summed E-state index contributed by atoms with van der Waals surface area (Å²) < 4.78 is 9.91. The van der Waals surface area contributed by atoms with Crippen molar-refractivity contribution in [2.75, 3.05) is 7.11 Å². The van der Waals surface area contributed by atoms with Gasteiger partial charge < -0.3 is 14.6 Å². The fourth-order valence-electron chi connectivity index (χ4n) is 1.76. The van der Waals surface area contributed by atoms with Crippen molar-refractivity contribution in [2.24, 2.45) is 0 Å². The average molecular weight is 222 g/mol. The van der Waals surface area contributed by atoms with Crippen LogP contribution in [0.2, 0.25) is 0 Å². The van der Waals surface area contributed by atoms with E-state index in [0.717, 1.165) is 0 Å². The fourth-order valence-corrected chi connectivity index (χ4v) is 1.76. The monoisotopic (exact) mass is 222 g/mol. The summed E-state index contributed by atoms with van der Waals surface area (Å²) in [6.07, 6.45) is 0. The summed E-state index contributed by atoms with van der Waals surface area (Å²) in [6, 6.07) is 4.77. The molecule has 1 aliphatic heterocycles. The molecule has 0 spiro atoms. The predicted octanol–water partition coefficient (Wildman–Crippen LogP) is 1.17. The van der Waals surface area contributed by atoms with Gasteiger partial charge in [0.2, 0.25) is 5.60 Å². The second-order valence-electron chi connectivity index (χ2n) is 3.61. The van der Waals surface area contributed by atoms with Gasteiger partial charge in [-0.3, -0.25) is 0 Å². The highest BCUT2D eigenvalue weighted by atomic mass is 16.6. The number of aliphatic carboxylic acids is 1. The molecule has 16 heavy (non-hydrogen) atoms. The van der Waals surface area contributed by atoms with E-state index in [1.54, 1.807) is 18.2 Å². The second kappa shape index (κ2) is 3.23. The molecule has 0 fully saturated rings. The molecule has 84 valence electrons. The first-order valence-corrected chi connectivity index (χ1v) is 4.65. The van der Waals surface area contributed by atoms with Gasteiger partial charge >= 0.3 is 11.9 Å². The zero-order chi connectivity index (χ0) is 11.9. The zero-order valence-corrected chi connectivity index (χ0v) is 8.81. The van der Waals surface area contributed by atoms with Crippen LogP contribution in [0.25, 0.3) is 0 Å². The van der Waals surface area contributed by atoms with Gasteiger partial charge in [0.25, 0.3) is 0 Å². The first-order chi connectivity index (χ1) is 7.50. The van der Waals surface area contributed by atoms with E-state index < -0.39 is 17.5 Å². The highest BCUT2D eigenvalue weighted by molar-refractivity contribution is 6.02. The van der Waals surface area contributed by atoms with Crippen LogP contribution >= 0.6 is 0 Å². The number of esters is 1. The van der Waals surface area contributed by atoms with Crippen LogP contribution in [0.5, 0.6) is 5.75 Å². The van der Waals surface area contributed by atoms with Gasteiger partial charge in [0.05, 0.1) is 7.11 Å². The van der Waals surface area contributed by atoms with Crippen molar-refractivity contribution in [1.29, 1.82) is 0 Å². The van der Waals surface area contributed by atoms with E-state index in [-0.39, 0.29) is 5.56 Å². The van der Waals surface area contributed by atoms with Gasteiger partial charge in [0.1, 0.15) is 11.3 Å². The van der Waals surface area contributed by atoms with E-state index >= 15 is 0 Å². The second-order valence-corrected chi connectivity index (χ2v) is 3.61. The number of rotatable bonds is 2. The Kier molecular flexibility index (Phi) is 2.11. The summed E-state index contributed by atoms with van der Waals surface area (Å²) in [5.74, 6) is -1.54. The number of carbonyl (C=O) groups is 2. The first kappa shape index (κ1) is 10.5. The molecule has 5 heteroatoms. The lowest BCUT2D eigenvalue weighted by Crippen LogP contribution is -2.32. The maximum Gasteiger partial charge on any atom is 0.352 e. The summed E-state index contributed by atoms with van der Waals surface area (Å²) in [5.41, 5.74) is -1.11. The van der Waals surface area contributed by atoms with Crippen molar-refractivity contribution in [3.63, 3.8) is 0 Å². The van der Waals surface area contributed by atoms with E-state index in [2.05, 4.69) is 0 Å². The minimum atomic E-state index is -1.62. The number of carboxylic acid groups (broad SMARTS) is 1. The molecule has 1 atom stereocenters. The maximum atomic E-state index is 11.6. The van der Waals surface area contributed by atoms with Gasteiger partial charge in [-0.15, -0.1) is 0 Å². The van der Waals surface area contributed by atoms with Gasteiger partial charge in [-0.1, -0.05) is 12.1 Å². The number of benzene rings is 1. The average Bonchev–Trinajstić information content (AvgIpc) is 2.53. The Bertz CT molecular complexity index is 479. The number of hydrogen-bond acceptors (Lipinski definition) is 4. The molecule has 1 unspecified atom stereocenters. The van der Waals surface area contributed by atoms with Gasteiger partial charge in [-0.05, 0) is 13.0 Å². The molecule has 0 saturated heterocycles. The zero-order valence-electron chi connectivity index (χ0n) is 8.81. The SMILES string of the molecule is COc1cccc2c1C(=O)OC2(C)C(=O)O. The molecule has 2 rings (SSSR count). The molecule has 1 aliphatic rings. The van der Waals surface area contributed by atoms with E-state index in [9.17, 15) is 9.59 Å². The lowest BCUT2D eigenvalue weighted by Gasteiger charge is -2.17. The Morgan fingerprint density at radius 1 is 1.50 bits per heavy atom. The minimum absolute atomic E-state index is 0.190. The van der Waals surface area contributed by atoms with Crippen LogP contribution < -0.4 is 4.74 Å². The van der Waals surface area contributed by atoms with E-state index in [1.165, 1.54) is 14.0 Å². The van der Waals surface area contributed by atoms with Crippen LogP contribution in [-0.2, 0) is 15.1 Å². The largest absolute Gasteiger partial charge is 0.496 e. The van der Waals surface area contributed by atoms with Crippen molar-refractivity contribution < 1.29 is 24.2 Å². The summed E-state index contributed by atoms with van der Waals surface area (Å²) in [4.78, 5) is 22.7. The van der Waals surface area contributed by atoms with E-state index in [1.807, 2.05) is 0 Å². The maximum absolute atomic E-state index is 11.6. The summed E-state index contributed by atoms with van der Waals surface area (Å²) in [6.45, 7) is 1.35. The highest BCUT2D eigenvalue weighted by Gasteiger charge is 2.49. The lowest BCUT2D eigenvalue weighted by molar-refractivity contribution is -0.156. The van der Waals surface area contributed by atoms with Crippen LogP contribution in [0.3, 0.4) is 0 Å². The number of carbonyl (C=O) groups excluding carboxylic acids is 1. The Balaban J connectivity index is 2.69. The number of cyclic esters (lactones) is 1. The highest BCUT2D eigenvalue weighted by Crippen LogP contribution is 2.40. The first-order valence-electron chi connectivity index (χ1n) is 4.65. The number of carboxylic acids is 1. The Morgan fingerprint density at radius 3 is 2.75 bits per heavy atom. The Hall–Kier alpha value is -2.04.